The van der Waals surface area contributed by atoms with Crippen molar-refractivity contribution < 1.29 is 4.74 Å². The van der Waals surface area contributed by atoms with Crippen LogP contribution in [0.4, 0.5) is 28.8 Å². The normalized spacial score (nSPS) is 12.5. The number of fused-ring (bicyclic) bond motifs is 2. The van der Waals surface area contributed by atoms with E-state index < -0.39 is 0 Å². The molecule has 10 nitrogen and oxygen atoms in total. The Balaban J connectivity index is 1.35. The summed E-state index contributed by atoms with van der Waals surface area (Å²) in [6.45, 7) is 1.91. The summed E-state index contributed by atoms with van der Waals surface area (Å²) in [4.78, 5) is 17.9. The molecule has 4 heterocycles. The second-order valence-electron chi connectivity index (χ2n) is 7.25. The first-order valence-electron chi connectivity index (χ1n) is 10.2. The van der Waals surface area contributed by atoms with Crippen molar-refractivity contribution in [2.24, 2.45) is 0 Å². The van der Waals surface area contributed by atoms with Crippen LogP contribution in [0.1, 0.15) is 5.56 Å². The molecule has 4 N–H and O–H groups in total. The number of benzene rings is 1. The van der Waals surface area contributed by atoms with Gasteiger partial charge < -0.3 is 15.4 Å². The van der Waals surface area contributed by atoms with Gasteiger partial charge in [0.1, 0.15) is 0 Å². The Kier molecular flexibility index (Phi) is 5.60. The molecule has 162 valence electrons. The van der Waals surface area contributed by atoms with Crippen molar-refractivity contribution in [1.29, 1.82) is 0 Å². The standard InChI is InChI=1S/C22H23N9O/c1-32-10-9-25-18-6-8-23-12-19(18)27-20-13-26-21-22(28-20)31(30-29-21)14-15-4-5-17-16(11-15)3-2-7-24-17/h2-8,11-13,30H,9-10,14H2,1H3,(H,23,25)(H,26,29)(H,27,28). The molecule has 1 aliphatic rings. The van der Waals surface area contributed by atoms with Crippen molar-refractivity contribution in [3.8, 4) is 0 Å². The lowest BCUT2D eigenvalue weighted by atomic mass is 10.1. The van der Waals surface area contributed by atoms with Crippen LogP contribution in [0.5, 0.6) is 0 Å². The van der Waals surface area contributed by atoms with Crippen LogP contribution in [0.25, 0.3) is 10.9 Å². The highest BCUT2D eigenvalue weighted by molar-refractivity contribution is 5.79. The zero-order valence-corrected chi connectivity index (χ0v) is 17.5. The summed E-state index contributed by atoms with van der Waals surface area (Å²) < 4.78 is 5.11. The third-order valence-corrected chi connectivity index (χ3v) is 5.03. The molecule has 0 saturated carbocycles. The molecule has 0 bridgehead atoms. The van der Waals surface area contributed by atoms with Crippen LogP contribution < -0.4 is 26.6 Å². The molecule has 0 spiro atoms. The Bertz CT molecular complexity index is 1230. The zero-order chi connectivity index (χ0) is 21.8. The van der Waals surface area contributed by atoms with Crippen molar-refractivity contribution in [2.45, 2.75) is 6.54 Å². The fourth-order valence-corrected chi connectivity index (χ4v) is 3.48. The molecule has 0 unspecified atom stereocenters. The average Bonchev–Trinajstić information content (AvgIpc) is 3.22. The van der Waals surface area contributed by atoms with Crippen LogP contribution in [0.3, 0.4) is 0 Å². The number of aromatic nitrogens is 4. The summed E-state index contributed by atoms with van der Waals surface area (Å²) in [5.41, 5.74) is 10.0. The van der Waals surface area contributed by atoms with Crippen molar-refractivity contribution in [2.75, 3.05) is 41.3 Å². The van der Waals surface area contributed by atoms with Gasteiger partial charge >= 0.3 is 0 Å². The van der Waals surface area contributed by atoms with E-state index in [0.29, 0.717) is 37.1 Å². The number of hydrogen-bond acceptors (Lipinski definition) is 10. The number of ether oxygens (including phenoxy) is 1. The predicted octanol–water partition coefficient (Wildman–Crippen LogP) is 3.07. The number of pyridine rings is 2. The van der Waals surface area contributed by atoms with E-state index in [9.17, 15) is 0 Å². The monoisotopic (exact) mass is 429 g/mol. The lowest BCUT2D eigenvalue weighted by Gasteiger charge is -2.18. The van der Waals surface area contributed by atoms with Crippen LogP contribution in [0, 0.1) is 0 Å². The minimum Gasteiger partial charge on any atom is -0.383 e. The van der Waals surface area contributed by atoms with Crippen LogP contribution in [0.2, 0.25) is 0 Å². The van der Waals surface area contributed by atoms with E-state index >= 15 is 0 Å². The maximum absolute atomic E-state index is 5.11. The van der Waals surface area contributed by atoms with Gasteiger partial charge in [0.25, 0.3) is 0 Å². The third-order valence-electron chi connectivity index (χ3n) is 5.03. The molecule has 1 aliphatic heterocycles. The summed E-state index contributed by atoms with van der Waals surface area (Å²) in [7, 11) is 1.68. The number of nitrogens with one attached hydrogen (secondary N) is 4. The summed E-state index contributed by atoms with van der Waals surface area (Å²) in [5.74, 6) is 1.99. The summed E-state index contributed by atoms with van der Waals surface area (Å²) in [5, 5.41) is 9.66. The number of rotatable bonds is 8. The van der Waals surface area contributed by atoms with E-state index in [1.54, 1.807) is 31.9 Å². The molecule has 10 heteroatoms. The van der Waals surface area contributed by atoms with E-state index in [-0.39, 0.29) is 0 Å². The van der Waals surface area contributed by atoms with Gasteiger partial charge in [0.2, 0.25) is 0 Å². The van der Waals surface area contributed by atoms with Gasteiger partial charge in [-0.2, -0.15) is 0 Å². The Morgan fingerprint density at radius 2 is 2.03 bits per heavy atom. The van der Waals surface area contributed by atoms with Gasteiger partial charge in [-0.15, -0.1) is 5.53 Å². The summed E-state index contributed by atoms with van der Waals surface area (Å²) in [6, 6.07) is 12.1. The van der Waals surface area contributed by atoms with E-state index in [2.05, 4.69) is 54.7 Å². The molecule has 5 rings (SSSR count). The van der Waals surface area contributed by atoms with Crippen molar-refractivity contribution in [3.63, 3.8) is 0 Å². The van der Waals surface area contributed by atoms with Crippen LogP contribution in [-0.4, -0.2) is 40.2 Å². The maximum atomic E-state index is 5.11. The number of hydrazine groups is 2. The minimum atomic E-state index is 0.609. The Morgan fingerprint density at radius 3 is 2.97 bits per heavy atom. The van der Waals surface area contributed by atoms with E-state index in [0.717, 1.165) is 27.8 Å². The molecule has 32 heavy (non-hydrogen) atoms. The molecule has 0 atom stereocenters. The second kappa shape index (κ2) is 9.00. The Labute approximate surface area is 185 Å². The van der Waals surface area contributed by atoms with Gasteiger partial charge in [-0.25, -0.2) is 9.97 Å². The van der Waals surface area contributed by atoms with Gasteiger partial charge in [-0.1, -0.05) is 12.1 Å². The molecular weight excluding hydrogens is 406 g/mol. The Morgan fingerprint density at radius 1 is 1.06 bits per heavy atom. The van der Waals surface area contributed by atoms with Crippen molar-refractivity contribution >= 4 is 39.7 Å². The molecule has 0 aliphatic carbocycles. The van der Waals surface area contributed by atoms with Gasteiger partial charge in [-0.05, 0) is 29.8 Å². The van der Waals surface area contributed by atoms with Gasteiger partial charge in [0.15, 0.2) is 17.5 Å². The average molecular weight is 429 g/mol. The maximum Gasteiger partial charge on any atom is 0.191 e. The highest BCUT2D eigenvalue weighted by Gasteiger charge is 2.22. The number of anilines is 5. The molecule has 3 aromatic heterocycles. The lowest BCUT2D eigenvalue weighted by molar-refractivity contribution is 0.211. The Hall–Kier alpha value is -4.02. The number of hydrogen-bond donors (Lipinski definition) is 4. The summed E-state index contributed by atoms with van der Waals surface area (Å²) >= 11 is 0. The largest absolute Gasteiger partial charge is 0.383 e. The van der Waals surface area contributed by atoms with Crippen LogP contribution in [-0.2, 0) is 11.3 Å². The highest BCUT2D eigenvalue weighted by Crippen LogP contribution is 2.30. The quantitative estimate of drug-likeness (QED) is 0.312. The van der Waals surface area contributed by atoms with Crippen molar-refractivity contribution in [1.82, 2.24) is 25.5 Å². The molecule has 0 amide bonds. The first-order valence-corrected chi connectivity index (χ1v) is 10.2. The molecule has 1 aromatic carbocycles. The molecule has 0 radical (unpaired) electrons. The van der Waals surface area contributed by atoms with E-state index in [1.807, 2.05) is 23.2 Å². The fraction of sp³-hybridized carbons (Fsp3) is 0.182. The molecule has 0 saturated heterocycles. The van der Waals surface area contributed by atoms with Crippen LogP contribution in [0.15, 0.2) is 61.2 Å². The molecule has 0 fully saturated rings. The van der Waals surface area contributed by atoms with E-state index in [4.69, 9.17) is 9.72 Å². The first kappa shape index (κ1) is 19.9. The second-order valence-corrected chi connectivity index (χ2v) is 7.25. The fourth-order valence-electron chi connectivity index (χ4n) is 3.48. The zero-order valence-electron chi connectivity index (χ0n) is 17.5. The number of methoxy groups -OCH3 is 1. The van der Waals surface area contributed by atoms with Gasteiger partial charge in [0.05, 0.1) is 42.4 Å². The lowest BCUT2D eigenvalue weighted by Crippen LogP contribution is -2.35. The minimum absolute atomic E-state index is 0.609. The third kappa shape index (κ3) is 4.22. The smallest absolute Gasteiger partial charge is 0.191 e. The summed E-state index contributed by atoms with van der Waals surface area (Å²) in [6.07, 6.45) is 6.98. The van der Waals surface area contributed by atoms with Crippen LogP contribution >= 0.6 is 0 Å². The van der Waals surface area contributed by atoms with E-state index in [1.165, 1.54) is 0 Å². The number of nitrogens with zero attached hydrogens (tertiary/aromatic N) is 5. The highest BCUT2D eigenvalue weighted by atomic mass is 16.5. The molecule has 4 aromatic rings. The molecular formula is C22H23N9O. The van der Waals surface area contributed by atoms with Gasteiger partial charge in [-0.3, -0.25) is 20.4 Å². The van der Waals surface area contributed by atoms with Gasteiger partial charge in [0, 0.05) is 31.4 Å². The topological polar surface area (TPSA) is 112 Å². The predicted molar refractivity (Wildman–Crippen MR) is 125 cm³/mol. The first-order chi connectivity index (χ1) is 15.8. The van der Waals surface area contributed by atoms with Crippen molar-refractivity contribution in [3.05, 3.63) is 66.7 Å². The SMILES string of the molecule is COCCNc1ccncc1Nc1cnc2c(n1)N(Cc1ccc3ncccc3c1)NN2.